The number of nitrogens with one attached hydrogen (secondary N) is 2. The second kappa shape index (κ2) is 12.7. The quantitative estimate of drug-likeness (QED) is 0.260. The maximum Gasteiger partial charge on any atom is 0.337 e. The van der Waals surface area contributed by atoms with Gasteiger partial charge in [0.1, 0.15) is 45.9 Å². The van der Waals surface area contributed by atoms with Crippen molar-refractivity contribution in [1.82, 2.24) is 20.3 Å². The van der Waals surface area contributed by atoms with Crippen molar-refractivity contribution in [2.24, 2.45) is 9.06 Å². The third-order valence-electron chi connectivity index (χ3n) is 6.83. The lowest BCUT2D eigenvalue weighted by atomic mass is 10.1. The van der Waals surface area contributed by atoms with E-state index >= 15 is 0 Å². The number of nitrogens with zero attached hydrogens (tertiary/aromatic N) is 5. The molecule has 2 aromatic heterocycles. The molecule has 0 bridgehead atoms. The molecule has 14 nitrogen and oxygen atoms in total. The van der Waals surface area contributed by atoms with E-state index in [1.54, 1.807) is 6.07 Å². The van der Waals surface area contributed by atoms with Crippen LogP contribution in [0.1, 0.15) is 23.0 Å². The van der Waals surface area contributed by atoms with E-state index in [2.05, 4.69) is 25.6 Å². The molecule has 0 spiro atoms. The van der Waals surface area contributed by atoms with Crippen LogP contribution in [0, 0.1) is 5.92 Å². The smallest absolute Gasteiger partial charge is 0.337 e. The van der Waals surface area contributed by atoms with E-state index in [0.29, 0.717) is 29.6 Å². The van der Waals surface area contributed by atoms with Gasteiger partial charge < -0.3 is 29.4 Å². The average Bonchev–Trinajstić information content (AvgIpc) is 3.62. The van der Waals surface area contributed by atoms with E-state index in [9.17, 15) is 14.7 Å². The number of fused-ring (bicyclic) bond motifs is 2. The Morgan fingerprint density at radius 2 is 1.90 bits per heavy atom. The van der Waals surface area contributed by atoms with E-state index in [0.717, 1.165) is 0 Å². The molecule has 2 amide bonds. The number of carbonyl (C=O) groups is 2. The number of anilines is 2. The monoisotopic (exact) mass is 689 g/mol. The standard InChI is InChI=1S/C27H28IN7O7/c1-2-29-27(38)33-22-19-23(32-14-31-22)35(28-34-19)24-21-20(41-26(42-21)15-8-5-3-4-6-9-15)18(40-24)13-39-12-17-16(25(36)37)10-7-11-30-17/h3-11,14-15,18,20-21,24,26H,2,12-13H2,1H3,(H,36,37)(H2,29,31,32,33,38)/t18?,20?,21?,24?,26-/m0/s1. The van der Waals surface area contributed by atoms with Gasteiger partial charge in [0.2, 0.25) is 0 Å². The van der Waals surface area contributed by atoms with Gasteiger partial charge in [-0.2, -0.15) is 3.15 Å². The van der Waals surface area contributed by atoms with Crippen LogP contribution in [0.2, 0.25) is 0 Å². The number of rotatable bonds is 9. The number of amides is 2. The molecule has 0 radical (unpaired) electrons. The van der Waals surface area contributed by atoms with Crippen LogP contribution in [0.3, 0.4) is 0 Å². The first-order chi connectivity index (χ1) is 20.5. The van der Waals surface area contributed by atoms with E-state index in [-0.39, 0.29) is 30.7 Å². The van der Waals surface area contributed by atoms with Gasteiger partial charge in [-0.05, 0) is 19.1 Å². The fourth-order valence-electron chi connectivity index (χ4n) is 4.92. The van der Waals surface area contributed by atoms with Crippen LogP contribution in [-0.4, -0.2) is 76.0 Å². The number of carboxylic acid groups (broad SMARTS) is 1. The molecule has 0 saturated carbocycles. The van der Waals surface area contributed by atoms with Gasteiger partial charge in [0.05, 0.1) is 24.5 Å². The number of carboxylic acids is 1. The van der Waals surface area contributed by atoms with Gasteiger partial charge >= 0.3 is 12.0 Å². The molecule has 15 heteroatoms. The molecular formula is C27H28IN7O7. The summed E-state index contributed by atoms with van der Waals surface area (Å²) in [5, 5.41) is 14.9. The van der Waals surface area contributed by atoms with Crippen molar-refractivity contribution >= 4 is 50.6 Å². The number of halogens is 1. The number of pyridine rings is 1. The molecule has 220 valence electrons. The predicted molar refractivity (Wildman–Crippen MR) is 157 cm³/mol. The van der Waals surface area contributed by atoms with Crippen LogP contribution in [-0.2, 0) is 25.6 Å². The molecule has 1 aliphatic carbocycles. The predicted octanol–water partition coefficient (Wildman–Crippen LogP) is 3.58. The minimum Gasteiger partial charge on any atom is -0.478 e. The Balaban J connectivity index is 1.22. The summed E-state index contributed by atoms with van der Waals surface area (Å²) in [6.45, 7) is 2.40. The second-order valence-corrected chi connectivity index (χ2v) is 11.5. The van der Waals surface area contributed by atoms with E-state index in [1.807, 2.05) is 46.5 Å². The van der Waals surface area contributed by atoms with Crippen LogP contribution in [0.4, 0.5) is 22.1 Å². The summed E-state index contributed by atoms with van der Waals surface area (Å²) in [4.78, 5) is 36.6. The maximum absolute atomic E-state index is 12.2. The van der Waals surface area contributed by atoms with Crippen molar-refractivity contribution in [3.05, 3.63) is 72.4 Å². The SMILES string of the molecule is CCNC(=O)Nc1ncnc2c1N=IN2C1OC(COCc2ncccc2C(=O)O)C2O[C@H](C3C=CC=CC=C3)OC21. The lowest BCUT2D eigenvalue weighted by molar-refractivity contribution is -0.146. The molecule has 5 atom stereocenters. The zero-order valence-corrected chi connectivity index (χ0v) is 24.5. The van der Waals surface area contributed by atoms with Crippen molar-refractivity contribution in [2.75, 3.05) is 21.6 Å². The molecule has 3 N–H and O–H groups in total. The number of urea groups is 1. The highest BCUT2D eigenvalue weighted by Crippen LogP contribution is 2.49. The second-order valence-electron chi connectivity index (χ2n) is 9.54. The Labute approximate surface area is 251 Å². The fourth-order valence-corrected chi connectivity index (χ4v) is 7.06. The zero-order valence-electron chi connectivity index (χ0n) is 22.4. The van der Waals surface area contributed by atoms with Crippen LogP contribution in [0.15, 0.2) is 64.3 Å². The van der Waals surface area contributed by atoms with Crippen LogP contribution < -0.4 is 13.7 Å². The number of allylic oxidation sites excluding steroid dienone is 4. The number of ether oxygens (including phenoxy) is 4. The zero-order chi connectivity index (χ0) is 29.1. The minimum absolute atomic E-state index is 0.00860. The topological polar surface area (TPSA) is 170 Å². The van der Waals surface area contributed by atoms with E-state index in [1.165, 1.54) is 18.6 Å². The fraction of sp³-hybridized carbons (Fsp3) is 0.370. The number of hydrogen-bond donors (Lipinski definition) is 3. The van der Waals surface area contributed by atoms with Crippen LogP contribution in [0.25, 0.3) is 0 Å². The molecule has 5 heterocycles. The largest absolute Gasteiger partial charge is 0.478 e. The minimum atomic E-state index is -1.07. The van der Waals surface area contributed by atoms with Gasteiger partial charge in [0, 0.05) is 18.7 Å². The van der Waals surface area contributed by atoms with E-state index in [4.69, 9.17) is 22.1 Å². The Hall–Kier alpha value is -3.64. The van der Waals surface area contributed by atoms with Gasteiger partial charge in [-0.3, -0.25) is 13.4 Å². The summed E-state index contributed by atoms with van der Waals surface area (Å²) in [5.74, 6) is -0.327. The summed E-state index contributed by atoms with van der Waals surface area (Å²) in [5.41, 5.74) is 0.892. The highest BCUT2D eigenvalue weighted by molar-refractivity contribution is 14.2. The number of aromatic nitrogens is 3. The molecule has 4 unspecified atom stereocenters. The maximum atomic E-state index is 12.2. The van der Waals surface area contributed by atoms with E-state index < -0.39 is 58.1 Å². The third kappa shape index (κ3) is 5.82. The van der Waals surface area contributed by atoms with Gasteiger partial charge in [0.25, 0.3) is 0 Å². The summed E-state index contributed by atoms with van der Waals surface area (Å²) in [6.07, 6.45) is 12.1. The number of carbonyl (C=O) groups excluding carboxylic acids is 1. The molecule has 4 aliphatic rings. The first-order valence-electron chi connectivity index (χ1n) is 13.3. The van der Waals surface area contributed by atoms with Crippen LogP contribution in [0.5, 0.6) is 0 Å². The van der Waals surface area contributed by atoms with Gasteiger partial charge in [-0.15, -0.1) is 0 Å². The molecule has 2 aromatic rings. The average molecular weight is 689 g/mol. The Morgan fingerprint density at radius 1 is 1.10 bits per heavy atom. The van der Waals surface area contributed by atoms with Crippen molar-refractivity contribution in [3.63, 3.8) is 0 Å². The summed E-state index contributed by atoms with van der Waals surface area (Å²) in [7, 11) is 0. The summed E-state index contributed by atoms with van der Waals surface area (Å²) >= 11 is -0.989. The number of aromatic carboxylic acids is 1. The highest BCUT2D eigenvalue weighted by atomic mass is 127. The van der Waals surface area contributed by atoms with Gasteiger partial charge in [-0.25, -0.2) is 19.6 Å². The molecule has 0 aromatic carbocycles. The first-order valence-corrected chi connectivity index (χ1v) is 15.2. The van der Waals surface area contributed by atoms with Crippen molar-refractivity contribution < 1.29 is 33.6 Å². The van der Waals surface area contributed by atoms with Crippen molar-refractivity contribution in [2.45, 2.75) is 44.4 Å². The van der Waals surface area contributed by atoms with Gasteiger partial charge in [-0.1, -0.05) is 36.5 Å². The lowest BCUT2D eigenvalue weighted by Crippen LogP contribution is -2.39. The normalized spacial score (nSPS) is 26.0. The Bertz CT molecular complexity index is 1450. The van der Waals surface area contributed by atoms with Crippen molar-refractivity contribution in [3.8, 4) is 0 Å². The molecular weight excluding hydrogens is 661 g/mol. The number of hydrogen-bond acceptors (Lipinski definition) is 11. The lowest BCUT2D eigenvalue weighted by Gasteiger charge is -2.27. The molecule has 6 rings (SSSR count). The van der Waals surface area contributed by atoms with Crippen molar-refractivity contribution in [1.29, 1.82) is 0 Å². The third-order valence-corrected chi connectivity index (χ3v) is 8.99. The van der Waals surface area contributed by atoms with Gasteiger partial charge in [0.15, 0.2) is 29.8 Å². The highest BCUT2D eigenvalue weighted by Gasteiger charge is 2.56. The molecule has 3 aliphatic heterocycles. The summed E-state index contributed by atoms with van der Waals surface area (Å²) in [6, 6.07) is 2.68. The molecule has 2 fully saturated rings. The Kier molecular flexibility index (Phi) is 8.61. The first kappa shape index (κ1) is 28.5. The molecule has 42 heavy (non-hydrogen) atoms. The Morgan fingerprint density at radius 3 is 2.69 bits per heavy atom. The molecule has 2 saturated heterocycles. The van der Waals surface area contributed by atoms with Crippen LogP contribution >= 0.6 is 21.3 Å². The summed E-state index contributed by atoms with van der Waals surface area (Å²) < 4.78 is 32.0.